The number of rotatable bonds is 2. The highest BCUT2D eigenvalue weighted by Crippen LogP contribution is 2.34. The zero-order valence-electron chi connectivity index (χ0n) is 11.8. The fourth-order valence-corrected chi connectivity index (χ4v) is 3.73. The third-order valence-corrected chi connectivity index (χ3v) is 4.69. The molecule has 2 heterocycles. The summed E-state index contributed by atoms with van der Waals surface area (Å²) in [5.41, 5.74) is 13.3. The Morgan fingerprint density at radius 2 is 1.95 bits per heavy atom. The molecule has 5 N–H and O–H groups in total. The van der Waals surface area contributed by atoms with E-state index in [2.05, 4.69) is 5.32 Å². The normalized spacial score (nSPS) is 13.5. The lowest BCUT2D eigenvalue weighted by Gasteiger charge is -2.27. The first-order valence-electron chi connectivity index (χ1n) is 6.87. The molecule has 0 fully saturated rings. The number of nitrogen functional groups attached to an aromatic ring is 1. The number of hydrogen-bond acceptors (Lipinski definition) is 4. The number of hydrogen-bond donors (Lipinski definition) is 3. The SMILES string of the molecule is NC(=O)c1c(N)sc2c1CCN(C(=O)Nc1ccccc1)C2. The Hall–Kier alpha value is -2.54. The Morgan fingerprint density at radius 3 is 2.64 bits per heavy atom. The minimum absolute atomic E-state index is 0.163. The number of primary amides is 1. The van der Waals surface area contributed by atoms with Crippen LogP contribution in [-0.4, -0.2) is 23.4 Å². The summed E-state index contributed by atoms with van der Waals surface area (Å²) in [6.45, 7) is 0.971. The minimum atomic E-state index is -0.503. The second-order valence-electron chi connectivity index (χ2n) is 5.08. The van der Waals surface area contributed by atoms with Crippen LogP contribution < -0.4 is 16.8 Å². The van der Waals surface area contributed by atoms with Crippen molar-refractivity contribution in [1.29, 1.82) is 0 Å². The van der Waals surface area contributed by atoms with E-state index in [1.807, 2.05) is 30.3 Å². The van der Waals surface area contributed by atoms with Crippen LogP contribution in [0.5, 0.6) is 0 Å². The van der Waals surface area contributed by atoms with E-state index in [9.17, 15) is 9.59 Å². The zero-order chi connectivity index (χ0) is 15.7. The van der Waals surface area contributed by atoms with Gasteiger partial charge in [-0.25, -0.2) is 4.79 Å². The summed E-state index contributed by atoms with van der Waals surface area (Å²) in [5.74, 6) is -0.503. The summed E-state index contributed by atoms with van der Waals surface area (Å²) in [5, 5.41) is 3.29. The summed E-state index contributed by atoms with van der Waals surface area (Å²) >= 11 is 1.33. The van der Waals surface area contributed by atoms with E-state index in [-0.39, 0.29) is 6.03 Å². The number of carbonyl (C=O) groups is 2. The van der Waals surface area contributed by atoms with E-state index in [1.54, 1.807) is 4.90 Å². The van der Waals surface area contributed by atoms with Gasteiger partial charge in [-0.3, -0.25) is 4.79 Å². The van der Waals surface area contributed by atoms with Crippen LogP contribution in [-0.2, 0) is 13.0 Å². The lowest BCUT2D eigenvalue weighted by Crippen LogP contribution is -2.38. The number of para-hydroxylation sites is 1. The summed E-state index contributed by atoms with van der Waals surface area (Å²) in [4.78, 5) is 26.4. The molecule has 3 amide bonds. The third-order valence-electron chi connectivity index (χ3n) is 3.64. The second-order valence-corrected chi connectivity index (χ2v) is 6.21. The van der Waals surface area contributed by atoms with E-state index in [4.69, 9.17) is 11.5 Å². The Bertz CT molecular complexity index is 727. The summed E-state index contributed by atoms with van der Waals surface area (Å²) in [6, 6.07) is 9.13. The first-order chi connectivity index (χ1) is 10.6. The fraction of sp³-hybridized carbons (Fsp3) is 0.200. The number of nitrogens with one attached hydrogen (secondary N) is 1. The molecule has 1 aromatic heterocycles. The number of urea groups is 1. The van der Waals surface area contributed by atoms with Gasteiger partial charge < -0.3 is 21.7 Å². The lowest BCUT2D eigenvalue weighted by atomic mass is 10.0. The predicted octanol–water partition coefficient (Wildman–Crippen LogP) is 2.02. The van der Waals surface area contributed by atoms with E-state index in [0.29, 0.717) is 30.1 Å². The van der Waals surface area contributed by atoms with Gasteiger partial charge in [0.1, 0.15) is 0 Å². The topological polar surface area (TPSA) is 101 Å². The molecule has 114 valence electrons. The third kappa shape index (κ3) is 2.62. The molecule has 1 aliphatic rings. The average molecular weight is 316 g/mol. The number of nitrogens with two attached hydrogens (primary N) is 2. The predicted molar refractivity (Wildman–Crippen MR) is 86.8 cm³/mol. The van der Waals surface area contributed by atoms with Gasteiger partial charge in [0.15, 0.2) is 0 Å². The standard InChI is InChI=1S/C15H16N4O2S/c16-13(20)12-10-6-7-19(8-11(10)22-14(12)17)15(21)18-9-4-2-1-3-5-9/h1-5H,6-8,17H2,(H2,16,20)(H,18,21). The lowest BCUT2D eigenvalue weighted by molar-refractivity contribution is 0.1000. The smallest absolute Gasteiger partial charge is 0.322 e. The van der Waals surface area contributed by atoms with Crippen LogP contribution in [0.3, 0.4) is 0 Å². The molecule has 3 rings (SSSR count). The van der Waals surface area contributed by atoms with Crippen molar-refractivity contribution in [2.45, 2.75) is 13.0 Å². The van der Waals surface area contributed by atoms with E-state index in [0.717, 1.165) is 16.1 Å². The van der Waals surface area contributed by atoms with Gasteiger partial charge in [0.25, 0.3) is 5.91 Å². The number of anilines is 2. The molecule has 0 saturated heterocycles. The largest absolute Gasteiger partial charge is 0.390 e. The van der Waals surface area contributed by atoms with Gasteiger partial charge >= 0.3 is 6.03 Å². The molecule has 0 unspecified atom stereocenters. The van der Waals surface area contributed by atoms with Gasteiger partial charge in [0, 0.05) is 17.1 Å². The summed E-state index contributed by atoms with van der Waals surface area (Å²) < 4.78 is 0. The van der Waals surface area contributed by atoms with Crippen molar-refractivity contribution in [2.75, 3.05) is 17.6 Å². The molecule has 0 aliphatic carbocycles. The Morgan fingerprint density at radius 1 is 1.23 bits per heavy atom. The van der Waals surface area contributed by atoms with Crippen molar-refractivity contribution in [1.82, 2.24) is 4.90 Å². The Balaban J connectivity index is 1.76. The summed E-state index contributed by atoms with van der Waals surface area (Å²) in [6.07, 6.45) is 0.587. The number of thiophene rings is 1. The number of benzene rings is 1. The van der Waals surface area contributed by atoms with Crippen molar-refractivity contribution in [3.63, 3.8) is 0 Å². The van der Waals surface area contributed by atoms with Crippen molar-refractivity contribution in [3.8, 4) is 0 Å². The van der Waals surface area contributed by atoms with Crippen molar-refractivity contribution < 1.29 is 9.59 Å². The van der Waals surface area contributed by atoms with Crippen LogP contribution in [0.1, 0.15) is 20.8 Å². The maximum Gasteiger partial charge on any atom is 0.322 e. The molecule has 6 nitrogen and oxygen atoms in total. The zero-order valence-corrected chi connectivity index (χ0v) is 12.7. The average Bonchev–Trinajstić information content (AvgIpc) is 2.83. The van der Waals surface area contributed by atoms with Gasteiger partial charge in [-0.1, -0.05) is 18.2 Å². The quantitative estimate of drug-likeness (QED) is 0.790. The van der Waals surface area contributed by atoms with Crippen LogP contribution in [0.15, 0.2) is 30.3 Å². The highest BCUT2D eigenvalue weighted by atomic mass is 32.1. The minimum Gasteiger partial charge on any atom is -0.390 e. The monoisotopic (exact) mass is 316 g/mol. The van der Waals surface area contributed by atoms with Crippen LogP contribution in [0.25, 0.3) is 0 Å². The molecule has 1 aromatic carbocycles. The first kappa shape index (κ1) is 14.4. The van der Waals surface area contributed by atoms with E-state index < -0.39 is 5.91 Å². The molecule has 7 heteroatoms. The second kappa shape index (κ2) is 5.69. The molecule has 2 aromatic rings. The van der Waals surface area contributed by atoms with Gasteiger partial charge in [0.2, 0.25) is 0 Å². The first-order valence-corrected chi connectivity index (χ1v) is 7.68. The Kier molecular flexibility index (Phi) is 3.72. The molecule has 0 saturated carbocycles. The maximum absolute atomic E-state index is 12.3. The number of fused-ring (bicyclic) bond motifs is 1. The van der Waals surface area contributed by atoms with Gasteiger partial charge in [0.05, 0.1) is 17.1 Å². The molecule has 0 bridgehead atoms. The molecule has 1 aliphatic heterocycles. The molecular formula is C15H16N4O2S. The number of nitrogens with zero attached hydrogens (tertiary/aromatic N) is 1. The highest BCUT2D eigenvalue weighted by molar-refractivity contribution is 7.16. The maximum atomic E-state index is 12.3. The van der Waals surface area contributed by atoms with Crippen molar-refractivity contribution >= 4 is 34.0 Å². The van der Waals surface area contributed by atoms with Gasteiger partial charge in [-0.05, 0) is 24.1 Å². The van der Waals surface area contributed by atoms with Crippen molar-refractivity contribution in [2.24, 2.45) is 5.73 Å². The van der Waals surface area contributed by atoms with Gasteiger partial charge in [-0.15, -0.1) is 11.3 Å². The van der Waals surface area contributed by atoms with E-state index in [1.165, 1.54) is 11.3 Å². The van der Waals surface area contributed by atoms with Crippen LogP contribution in [0, 0.1) is 0 Å². The molecule has 0 atom stereocenters. The fourth-order valence-electron chi connectivity index (χ4n) is 2.59. The summed E-state index contributed by atoms with van der Waals surface area (Å²) in [7, 11) is 0. The molecule has 22 heavy (non-hydrogen) atoms. The molecule has 0 radical (unpaired) electrons. The Labute approximate surface area is 131 Å². The van der Waals surface area contributed by atoms with E-state index >= 15 is 0 Å². The van der Waals surface area contributed by atoms with Crippen LogP contribution >= 0.6 is 11.3 Å². The van der Waals surface area contributed by atoms with Crippen LogP contribution in [0.4, 0.5) is 15.5 Å². The molecule has 0 spiro atoms. The number of carbonyl (C=O) groups excluding carboxylic acids is 2. The number of amides is 3. The highest BCUT2D eigenvalue weighted by Gasteiger charge is 2.28. The van der Waals surface area contributed by atoms with Crippen LogP contribution in [0.2, 0.25) is 0 Å². The van der Waals surface area contributed by atoms with Crippen molar-refractivity contribution in [3.05, 3.63) is 46.3 Å². The van der Waals surface area contributed by atoms with Gasteiger partial charge in [-0.2, -0.15) is 0 Å². The molecular weight excluding hydrogens is 300 g/mol.